The molecule has 7 aromatic carbocycles. The van der Waals surface area contributed by atoms with Crippen LogP contribution in [0.25, 0.3) is 83.9 Å². The molecular weight excluding hydrogens is 1100 g/mol. The Bertz CT molecular complexity index is 3650. The van der Waals surface area contributed by atoms with Gasteiger partial charge in [-0.15, -0.1) is 29.3 Å². The number of aromatic nitrogens is 3. The van der Waals surface area contributed by atoms with E-state index in [9.17, 15) is 5.11 Å². The van der Waals surface area contributed by atoms with E-state index in [1.165, 1.54) is 5.56 Å². The predicted molar refractivity (Wildman–Crippen MR) is 314 cm³/mol. The molecule has 0 bridgehead atoms. The van der Waals surface area contributed by atoms with E-state index in [4.69, 9.17) is 14.1 Å². The summed E-state index contributed by atoms with van der Waals surface area (Å²) in [5, 5.41) is 13.8. The van der Waals surface area contributed by atoms with Gasteiger partial charge in [0.2, 0.25) is 0 Å². The summed E-state index contributed by atoms with van der Waals surface area (Å²) in [5.41, 5.74) is 16.4. The van der Waals surface area contributed by atoms with Crippen molar-refractivity contribution in [1.82, 2.24) is 14.5 Å². The van der Waals surface area contributed by atoms with Crippen molar-refractivity contribution in [3.05, 3.63) is 186 Å². The van der Waals surface area contributed by atoms with E-state index in [1.807, 2.05) is 36.5 Å². The summed E-state index contributed by atoms with van der Waals surface area (Å²) in [6.07, 6.45) is 1.85. The van der Waals surface area contributed by atoms with Crippen LogP contribution in [0.5, 0.6) is 5.75 Å². The molecule has 0 aliphatic carbocycles. The summed E-state index contributed by atoms with van der Waals surface area (Å²) in [6.45, 7) is 31.1. The molecule has 382 valence electrons. The summed E-state index contributed by atoms with van der Waals surface area (Å²) >= 11 is 0. The Morgan fingerprint density at radius 3 is 1.78 bits per heavy atom. The summed E-state index contributed by atoms with van der Waals surface area (Å²) in [6, 6.07) is 54.7. The monoisotopic (exact) mass is 1170 g/mol. The van der Waals surface area contributed by atoms with E-state index in [0.717, 1.165) is 94.4 Å². The fourth-order valence-electron chi connectivity index (χ4n) is 9.75. The van der Waals surface area contributed by atoms with Crippen molar-refractivity contribution in [2.45, 2.75) is 131 Å². The van der Waals surface area contributed by atoms with Gasteiger partial charge in [0.25, 0.3) is 0 Å². The first kappa shape index (κ1) is 50.0. The molecule has 2 aromatic heterocycles. The van der Waals surface area contributed by atoms with Gasteiger partial charge in [0.15, 0.2) is 0 Å². The number of imidazole rings is 1. The zero-order valence-electron chi connectivity index (χ0n) is 49.0. The van der Waals surface area contributed by atoms with Crippen molar-refractivity contribution in [3.63, 3.8) is 0 Å². The van der Waals surface area contributed by atoms with Crippen molar-refractivity contribution >= 4 is 24.3 Å². The maximum Gasteiger partial charge on any atom is 0.148 e. The van der Waals surface area contributed by atoms with Gasteiger partial charge in [-0.3, -0.25) is 9.55 Å². The molecule has 0 radical (unpaired) electrons. The third-order valence-electron chi connectivity index (χ3n) is 14.4. The smallest absolute Gasteiger partial charge is 0.148 e. The third kappa shape index (κ3) is 10.8. The number of benzene rings is 7. The predicted octanol–water partition coefficient (Wildman–Crippen LogP) is 18.0. The van der Waals surface area contributed by atoms with E-state index in [-0.39, 0.29) is 48.5 Å². The number of aryl methyl sites for hydroxylation is 1. The molecule has 0 spiro atoms. The zero-order valence-corrected chi connectivity index (χ0v) is 49.3. The van der Waals surface area contributed by atoms with Gasteiger partial charge < -0.3 is 5.11 Å². The minimum Gasteiger partial charge on any atom is -0.507 e. The number of nitrogens with zero attached hydrogens (tertiary/aromatic N) is 3. The quantitative estimate of drug-likeness (QED) is 0.122. The molecule has 2 heterocycles. The number of hydrogen-bond acceptors (Lipinski definition) is 3. The standard InChI is InChI=1S/C68H74N3OSi.Pt/c1-43-35-53(73(14,15)16)30-31-54(43)46-27-25-44(26-28-46)47-33-34-69-59(39-47)49-36-48(37-51(38-49)66(5,6)7)55-23-20-24-61-62(55)70-64(57-41-52(67(8,9)10)42-58(63(57)72)68(11,12)13)71(61)60-32-29-50(65(2,3)4)40-56(60)45-21-18-17-19-22-45;/h17-35,37-42,72H,1-16H3;/q-1;/i1D3;. The van der Waals surface area contributed by atoms with Crippen LogP contribution in [0.15, 0.2) is 152 Å². The molecule has 1 N–H and O–H groups in total. The fraction of sp³-hybridized carbons (Fsp3) is 0.294. The van der Waals surface area contributed by atoms with Crippen molar-refractivity contribution < 1.29 is 30.3 Å². The molecule has 9 rings (SSSR count). The Kier molecular flexibility index (Phi) is 13.4. The molecule has 0 fully saturated rings. The van der Waals surface area contributed by atoms with Crippen molar-refractivity contribution in [1.29, 1.82) is 0 Å². The average Bonchev–Trinajstić information content (AvgIpc) is 3.75. The molecule has 0 saturated carbocycles. The van der Waals surface area contributed by atoms with E-state index in [0.29, 0.717) is 17.0 Å². The van der Waals surface area contributed by atoms with Gasteiger partial charge in [-0.25, -0.2) is 4.98 Å². The number of phenolic OH excluding ortho intramolecular Hbond substituents is 1. The first-order valence-corrected chi connectivity index (χ1v) is 29.3. The third-order valence-corrected chi connectivity index (χ3v) is 16.4. The van der Waals surface area contributed by atoms with Crippen LogP contribution in [0.3, 0.4) is 0 Å². The van der Waals surface area contributed by atoms with E-state index in [2.05, 4.69) is 229 Å². The minimum atomic E-state index is -2.24. The molecule has 0 unspecified atom stereocenters. The first-order valence-electron chi connectivity index (χ1n) is 27.3. The van der Waals surface area contributed by atoms with Gasteiger partial charge in [0, 0.05) is 48.2 Å². The molecule has 0 atom stereocenters. The number of pyridine rings is 1. The van der Waals surface area contributed by atoms with Crippen molar-refractivity contribution in [2.24, 2.45) is 0 Å². The van der Waals surface area contributed by atoms with Crippen LogP contribution in [0.2, 0.25) is 19.6 Å². The second-order valence-electron chi connectivity index (χ2n) is 25.2. The van der Waals surface area contributed by atoms with Crippen LogP contribution >= 0.6 is 0 Å². The first-order chi connectivity index (χ1) is 35.4. The SMILES string of the molecule is [2H]C([2H])([2H])c1cc([Si](C)(C)C)ccc1-c1ccc(-c2ccnc(-c3[c-]c(-c4cccc5c4nc(-c4cc(C(C)(C)C)cc(C(C)(C)C)c4O)n5-c4ccc(C(C)(C)C)cc4-c4ccccc4)cc(C(C)(C)C)c3)c2)cc1.[Pt]. The summed E-state index contributed by atoms with van der Waals surface area (Å²) in [7, 11) is -1.74. The molecule has 0 saturated heterocycles. The molecule has 4 nitrogen and oxygen atoms in total. The van der Waals surface area contributed by atoms with Gasteiger partial charge in [-0.05, 0) is 103 Å². The summed E-state index contributed by atoms with van der Waals surface area (Å²) in [5.74, 6) is 0.884. The van der Waals surface area contributed by atoms with Crippen LogP contribution in [0.1, 0.15) is 115 Å². The second kappa shape index (κ2) is 19.9. The zero-order chi connectivity index (χ0) is 55.1. The van der Waals surface area contributed by atoms with Gasteiger partial charge in [-0.1, -0.05) is 222 Å². The largest absolute Gasteiger partial charge is 0.507 e. The Morgan fingerprint density at radius 2 is 1.15 bits per heavy atom. The van der Waals surface area contributed by atoms with Crippen LogP contribution in [-0.2, 0) is 42.7 Å². The van der Waals surface area contributed by atoms with Crippen LogP contribution in [0, 0.1) is 12.9 Å². The van der Waals surface area contributed by atoms with E-state index < -0.39 is 14.9 Å². The Hall–Kier alpha value is -6.13. The summed E-state index contributed by atoms with van der Waals surface area (Å²) < 4.78 is 27.6. The van der Waals surface area contributed by atoms with Crippen LogP contribution in [0.4, 0.5) is 0 Å². The Morgan fingerprint density at radius 1 is 0.527 bits per heavy atom. The second-order valence-corrected chi connectivity index (χ2v) is 30.3. The topological polar surface area (TPSA) is 50.9 Å². The number of hydrogen-bond donors (Lipinski definition) is 1. The van der Waals surface area contributed by atoms with Crippen molar-refractivity contribution in [2.75, 3.05) is 0 Å². The molecule has 0 aliphatic rings. The van der Waals surface area contributed by atoms with Gasteiger partial charge in [-0.2, -0.15) is 0 Å². The van der Waals surface area contributed by atoms with Crippen LogP contribution in [-0.4, -0.2) is 27.7 Å². The van der Waals surface area contributed by atoms with E-state index in [1.54, 1.807) is 0 Å². The molecule has 6 heteroatoms. The Labute approximate surface area is 461 Å². The van der Waals surface area contributed by atoms with Gasteiger partial charge in [0.1, 0.15) is 11.6 Å². The average molecular weight is 1180 g/mol. The Balaban J connectivity index is 0.00000784. The number of fused-ring (bicyclic) bond motifs is 1. The summed E-state index contributed by atoms with van der Waals surface area (Å²) in [4.78, 5) is 10.7. The molecule has 74 heavy (non-hydrogen) atoms. The minimum absolute atomic E-state index is 0. The molecular formula is C68H74N3OPtSi-. The van der Waals surface area contributed by atoms with Gasteiger partial charge in [0.05, 0.1) is 30.4 Å². The molecule has 9 aromatic rings. The number of rotatable bonds is 8. The van der Waals surface area contributed by atoms with Gasteiger partial charge >= 0.3 is 0 Å². The maximum atomic E-state index is 12.6. The molecule has 0 amide bonds. The fourth-order valence-corrected chi connectivity index (χ4v) is 10.9. The maximum absolute atomic E-state index is 12.6. The van der Waals surface area contributed by atoms with Crippen LogP contribution < -0.4 is 5.19 Å². The molecule has 0 aliphatic heterocycles. The number of phenols is 1. The number of para-hydroxylation sites is 1. The number of aromatic hydroxyl groups is 1. The van der Waals surface area contributed by atoms with Crippen molar-refractivity contribution in [3.8, 4) is 78.6 Å². The van der Waals surface area contributed by atoms with E-state index >= 15 is 0 Å². The normalized spacial score (nSPS) is 13.3.